The number of allylic oxidation sites excluding steroid dienone is 1. The Morgan fingerprint density at radius 2 is 1.98 bits per heavy atom. The van der Waals surface area contributed by atoms with Crippen molar-refractivity contribution >= 4 is 49.8 Å². The van der Waals surface area contributed by atoms with Gasteiger partial charge in [0, 0.05) is 35.8 Å². The fourth-order valence-corrected chi connectivity index (χ4v) is 5.54. The molecule has 0 bridgehead atoms. The molecule has 0 amide bonds. The molecule has 236 valence electrons. The van der Waals surface area contributed by atoms with Crippen LogP contribution in [0.2, 0.25) is 0 Å². The van der Waals surface area contributed by atoms with Gasteiger partial charge in [0.15, 0.2) is 5.78 Å². The average Bonchev–Trinajstić information content (AvgIpc) is 3.44. The number of aromatic nitrogens is 4. The minimum Gasteiger partial charge on any atom is -0.486 e. The van der Waals surface area contributed by atoms with Gasteiger partial charge in [-0.1, -0.05) is 13.0 Å². The number of pyridine rings is 2. The summed E-state index contributed by atoms with van der Waals surface area (Å²) >= 11 is 3.58. The third kappa shape index (κ3) is 8.43. The number of rotatable bonds is 14. The van der Waals surface area contributed by atoms with Gasteiger partial charge in [-0.25, -0.2) is 9.97 Å². The zero-order valence-electron chi connectivity index (χ0n) is 25.8. The molecule has 0 saturated carbocycles. The minimum absolute atomic E-state index is 0.0430. The number of nitrogens with one attached hydrogen (secondary N) is 1. The SMILES string of the molecule is CCC1=NC([N+](=O)[O-])=C(C[N+](C)(C)C/C=C/C(=O)Cc2cc3c(Nc4ccc(OCc5ccccn5)c(Br)c4)ncnc3cn2)C1. The van der Waals surface area contributed by atoms with Gasteiger partial charge in [-0.2, -0.15) is 0 Å². The fraction of sp³-hybridized carbons (Fsp3) is 0.273. The molecule has 12 nitrogen and oxygen atoms in total. The topological polar surface area (TPSA) is 145 Å². The lowest BCUT2D eigenvalue weighted by molar-refractivity contribution is -0.880. The Morgan fingerprint density at radius 3 is 2.72 bits per heavy atom. The number of carbonyl (C=O) groups is 1. The molecule has 0 saturated heterocycles. The van der Waals surface area contributed by atoms with Crippen molar-refractivity contribution < 1.29 is 18.9 Å². The molecule has 13 heteroatoms. The van der Waals surface area contributed by atoms with E-state index in [2.05, 4.69) is 46.2 Å². The first kappa shape index (κ1) is 32.5. The van der Waals surface area contributed by atoms with Crippen molar-refractivity contribution in [2.75, 3.05) is 32.5 Å². The highest BCUT2D eigenvalue weighted by Gasteiger charge is 2.32. The highest BCUT2D eigenvalue weighted by atomic mass is 79.9. The van der Waals surface area contributed by atoms with Crippen molar-refractivity contribution in [3.05, 3.63) is 111 Å². The van der Waals surface area contributed by atoms with E-state index in [0.29, 0.717) is 59.8 Å². The number of quaternary nitrogens is 1. The average molecular weight is 687 g/mol. The van der Waals surface area contributed by atoms with E-state index >= 15 is 0 Å². The maximum atomic E-state index is 12.9. The first-order chi connectivity index (χ1) is 22.1. The van der Waals surface area contributed by atoms with E-state index in [-0.39, 0.29) is 18.0 Å². The van der Waals surface area contributed by atoms with E-state index < -0.39 is 4.92 Å². The quantitative estimate of drug-likeness (QED) is 0.0732. The van der Waals surface area contributed by atoms with Crippen molar-refractivity contribution in [3.63, 3.8) is 0 Å². The summed E-state index contributed by atoms with van der Waals surface area (Å²) in [5, 5.41) is 15.5. The van der Waals surface area contributed by atoms with Gasteiger partial charge in [0.2, 0.25) is 0 Å². The Balaban J connectivity index is 1.21. The van der Waals surface area contributed by atoms with Gasteiger partial charge in [0.05, 0.1) is 54.5 Å². The lowest BCUT2D eigenvalue weighted by Gasteiger charge is -2.28. The molecule has 4 aromatic rings. The molecular formula is C33H34BrN8O4+. The minimum atomic E-state index is -0.407. The van der Waals surface area contributed by atoms with Crippen LogP contribution in [0, 0.1) is 10.1 Å². The molecule has 46 heavy (non-hydrogen) atoms. The van der Waals surface area contributed by atoms with E-state index in [1.165, 1.54) is 6.33 Å². The fourth-order valence-electron chi connectivity index (χ4n) is 5.05. The maximum Gasteiger partial charge on any atom is 0.368 e. The molecule has 0 atom stereocenters. The summed E-state index contributed by atoms with van der Waals surface area (Å²) in [5.41, 5.74) is 4.39. The number of hydrogen-bond acceptors (Lipinski definition) is 10. The predicted octanol–water partition coefficient (Wildman–Crippen LogP) is 5.99. The molecule has 0 unspecified atom stereocenters. The second kappa shape index (κ2) is 14.5. The van der Waals surface area contributed by atoms with Gasteiger partial charge in [0.1, 0.15) is 36.8 Å². The molecule has 0 spiro atoms. The zero-order valence-corrected chi connectivity index (χ0v) is 27.4. The normalized spacial score (nSPS) is 13.3. The van der Waals surface area contributed by atoms with Crippen LogP contribution in [0.1, 0.15) is 31.2 Å². The molecule has 1 N–H and O–H groups in total. The number of carbonyl (C=O) groups excluding carboxylic acids is 1. The number of hydrogen-bond donors (Lipinski definition) is 1. The number of halogens is 1. The number of anilines is 2. The number of likely N-dealkylation sites (N-methyl/N-ethyl adjacent to an activating group) is 1. The molecule has 0 radical (unpaired) electrons. The Hall–Kier alpha value is -4.88. The van der Waals surface area contributed by atoms with Crippen molar-refractivity contribution in [2.45, 2.75) is 32.8 Å². The lowest BCUT2D eigenvalue weighted by Crippen LogP contribution is -2.41. The molecule has 1 aliphatic rings. The van der Waals surface area contributed by atoms with Crippen LogP contribution >= 0.6 is 15.9 Å². The first-order valence-corrected chi connectivity index (χ1v) is 15.5. The summed E-state index contributed by atoms with van der Waals surface area (Å²) in [5.74, 6) is 1.11. The Morgan fingerprint density at radius 1 is 1.13 bits per heavy atom. The van der Waals surface area contributed by atoms with Crippen LogP contribution < -0.4 is 10.1 Å². The lowest BCUT2D eigenvalue weighted by atomic mass is 10.1. The number of ketones is 1. The monoisotopic (exact) mass is 685 g/mol. The van der Waals surface area contributed by atoms with E-state index in [9.17, 15) is 14.9 Å². The third-order valence-corrected chi connectivity index (χ3v) is 7.95. The summed E-state index contributed by atoms with van der Waals surface area (Å²) in [4.78, 5) is 45.6. The van der Waals surface area contributed by atoms with E-state index in [0.717, 1.165) is 32.5 Å². The molecule has 4 heterocycles. The summed E-state index contributed by atoms with van der Waals surface area (Å²) in [6, 6.07) is 13.1. The molecule has 0 fully saturated rings. The van der Waals surface area contributed by atoms with Crippen molar-refractivity contribution in [1.29, 1.82) is 0 Å². The van der Waals surface area contributed by atoms with Crippen molar-refractivity contribution in [2.24, 2.45) is 4.99 Å². The van der Waals surface area contributed by atoms with Gasteiger partial charge in [-0.05, 0) is 74.4 Å². The number of nitrogens with zero attached hydrogens (tertiary/aromatic N) is 7. The summed E-state index contributed by atoms with van der Waals surface area (Å²) < 4.78 is 7.13. The highest BCUT2D eigenvalue weighted by Crippen LogP contribution is 2.31. The van der Waals surface area contributed by atoms with E-state index in [1.807, 2.05) is 69.6 Å². The van der Waals surface area contributed by atoms with E-state index in [1.54, 1.807) is 18.5 Å². The largest absolute Gasteiger partial charge is 0.486 e. The first-order valence-electron chi connectivity index (χ1n) is 14.7. The van der Waals surface area contributed by atoms with Crippen LogP contribution in [0.15, 0.2) is 94.2 Å². The van der Waals surface area contributed by atoms with Crippen LogP contribution in [0.25, 0.3) is 10.9 Å². The van der Waals surface area contributed by atoms with Gasteiger partial charge >= 0.3 is 5.82 Å². The molecule has 5 rings (SSSR count). The molecule has 0 aliphatic carbocycles. The maximum absolute atomic E-state index is 12.9. The highest BCUT2D eigenvalue weighted by molar-refractivity contribution is 9.10. The Labute approximate surface area is 274 Å². The summed E-state index contributed by atoms with van der Waals surface area (Å²) in [7, 11) is 3.95. The second-order valence-electron chi connectivity index (χ2n) is 11.5. The number of aliphatic imine (C=N–C) groups is 1. The second-order valence-corrected chi connectivity index (χ2v) is 12.4. The number of nitro groups is 1. The van der Waals surface area contributed by atoms with Crippen LogP contribution in [0.4, 0.5) is 11.5 Å². The third-order valence-electron chi connectivity index (χ3n) is 7.33. The van der Waals surface area contributed by atoms with E-state index in [4.69, 9.17) is 4.74 Å². The van der Waals surface area contributed by atoms with Crippen LogP contribution in [-0.4, -0.2) is 68.0 Å². The van der Waals surface area contributed by atoms with Gasteiger partial charge in [0.25, 0.3) is 0 Å². The number of ether oxygens (including phenoxy) is 1. The zero-order chi connectivity index (χ0) is 32.7. The van der Waals surface area contributed by atoms with Gasteiger partial charge in [-0.15, -0.1) is 0 Å². The Kier molecular flexibility index (Phi) is 10.2. The molecule has 1 aromatic carbocycles. The number of fused-ring (bicyclic) bond motifs is 1. The predicted molar refractivity (Wildman–Crippen MR) is 179 cm³/mol. The standard InChI is InChI=1S/C33H34BrN8O4/c1-4-23-14-22(33(40-23)41(44)45)19-42(2,3)13-7-9-27(43)15-26-16-28-30(18-36-26)37-21-38-32(28)39-24-10-11-31(29(34)17-24)46-20-25-8-5-6-12-35-25/h5-12,16-18,21H,4,13-15,19-20H2,1-3H3,(H,37,38,39)/q+1/b9-7+. The van der Waals surface area contributed by atoms with Crippen LogP contribution in [0.3, 0.4) is 0 Å². The molecular weight excluding hydrogens is 652 g/mol. The van der Waals surface area contributed by atoms with Gasteiger partial charge < -0.3 is 24.7 Å². The summed E-state index contributed by atoms with van der Waals surface area (Å²) in [6.07, 6.45) is 9.49. The van der Waals surface area contributed by atoms with Crippen LogP contribution in [-0.2, 0) is 17.8 Å². The van der Waals surface area contributed by atoms with Crippen molar-refractivity contribution in [1.82, 2.24) is 19.9 Å². The number of benzene rings is 1. The smallest absolute Gasteiger partial charge is 0.368 e. The van der Waals surface area contributed by atoms with Crippen LogP contribution in [0.5, 0.6) is 5.75 Å². The Bertz CT molecular complexity index is 1860. The molecule has 1 aliphatic heterocycles. The van der Waals surface area contributed by atoms with Crippen molar-refractivity contribution in [3.8, 4) is 5.75 Å². The summed E-state index contributed by atoms with van der Waals surface area (Å²) in [6.45, 7) is 3.29. The van der Waals surface area contributed by atoms with Gasteiger partial charge in [-0.3, -0.25) is 14.8 Å². The molecule has 3 aromatic heterocycles.